The minimum atomic E-state index is 0. The number of pyridine rings is 1. The predicted molar refractivity (Wildman–Crippen MR) is 96.6 cm³/mol. The van der Waals surface area contributed by atoms with E-state index in [2.05, 4.69) is 29.0 Å². The molecule has 0 spiro atoms. The smallest absolute Gasteiger partial charge is 0.226 e. The zero-order valence-corrected chi connectivity index (χ0v) is 15.1. The van der Waals surface area contributed by atoms with Gasteiger partial charge in [0.2, 0.25) is 5.91 Å². The van der Waals surface area contributed by atoms with E-state index in [9.17, 15) is 4.79 Å². The van der Waals surface area contributed by atoms with Crippen LogP contribution < -0.4 is 5.32 Å². The van der Waals surface area contributed by atoms with Crippen molar-refractivity contribution in [3.63, 3.8) is 0 Å². The van der Waals surface area contributed by atoms with E-state index in [4.69, 9.17) is 0 Å². The first-order valence-corrected chi connectivity index (χ1v) is 8.67. The Bertz CT molecular complexity index is 443. The van der Waals surface area contributed by atoms with Gasteiger partial charge in [-0.25, -0.2) is 0 Å². The van der Waals surface area contributed by atoms with Crippen molar-refractivity contribution >= 4 is 18.3 Å². The second-order valence-corrected chi connectivity index (χ2v) is 6.14. The maximum absolute atomic E-state index is 13.0. The Hall–Kier alpha value is -1.13. The molecule has 1 aliphatic rings. The molecule has 1 aromatic rings. The number of rotatable bonds is 6. The number of carbonyl (C=O) groups is 1. The monoisotopic (exact) mass is 339 g/mol. The van der Waals surface area contributed by atoms with Gasteiger partial charge in [0.05, 0.1) is 12.2 Å². The molecule has 23 heavy (non-hydrogen) atoms. The number of nitrogens with zero attached hydrogens (tertiary/aromatic N) is 2. The van der Waals surface area contributed by atoms with Gasteiger partial charge in [-0.15, -0.1) is 12.4 Å². The molecule has 1 fully saturated rings. The summed E-state index contributed by atoms with van der Waals surface area (Å²) < 4.78 is 0. The van der Waals surface area contributed by atoms with E-state index in [0.29, 0.717) is 18.5 Å². The number of carbonyl (C=O) groups excluding carboxylic acids is 1. The van der Waals surface area contributed by atoms with Crippen molar-refractivity contribution in [2.75, 3.05) is 13.1 Å². The van der Waals surface area contributed by atoms with Crippen molar-refractivity contribution in [3.05, 3.63) is 30.1 Å². The van der Waals surface area contributed by atoms with Crippen LogP contribution in [0.2, 0.25) is 0 Å². The summed E-state index contributed by atoms with van der Waals surface area (Å²) in [5.41, 5.74) is 0.985. The summed E-state index contributed by atoms with van der Waals surface area (Å²) in [5, 5.41) is 3.44. The highest BCUT2D eigenvalue weighted by atomic mass is 35.5. The quantitative estimate of drug-likeness (QED) is 0.863. The summed E-state index contributed by atoms with van der Waals surface area (Å²) in [6, 6.07) is 6.27. The molecule has 2 heterocycles. The Kier molecular flexibility index (Phi) is 9.19. The Labute approximate surface area is 146 Å². The normalized spacial score (nSPS) is 18.1. The summed E-state index contributed by atoms with van der Waals surface area (Å²) in [4.78, 5) is 19.5. The minimum absolute atomic E-state index is 0. The fourth-order valence-corrected chi connectivity index (χ4v) is 3.24. The summed E-state index contributed by atoms with van der Waals surface area (Å²) in [5.74, 6) is 0.447. The van der Waals surface area contributed by atoms with Gasteiger partial charge in [0.1, 0.15) is 0 Å². The molecule has 1 unspecified atom stereocenters. The van der Waals surface area contributed by atoms with Crippen LogP contribution >= 0.6 is 12.4 Å². The van der Waals surface area contributed by atoms with Gasteiger partial charge in [-0.1, -0.05) is 19.9 Å². The molecule has 1 aliphatic heterocycles. The molecule has 2 rings (SSSR count). The molecule has 0 aliphatic carbocycles. The molecule has 4 nitrogen and oxygen atoms in total. The van der Waals surface area contributed by atoms with Crippen LogP contribution in [0.3, 0.4) is 0 Å². The lowest BCUT2D eigenvalue weighted by atomic mass is 9.98. The van der Waals surface area contributed by atoms with Crippen LogP contribution in [0, 0.1) is 5.92 Å². The largest absolute Gasteiger partial charge is 0.334 e. The SMILES string of the molecule is CCC(CC)C(=O)N(Cc1ccccn1)C1CCCNCC1.Cl. The zero-order valence-electron chi connectivity index (χ0n) is 14.3. The molecule has 5 heteroatoms. The molecule has 1 N–H and O–H groups in total. The summed E-state index contributed by atoms with van der Waals surface area (Å²) in [6.07, 6.45) is 6.91. The standard InChI is InChI=1S/C18H29N3O.ClH/c1-3-15(4-2)18(22)21(14-16-8-5-6-12-20-16)17-9-7-11-19-13-10-17;/h5-6,8,12,15,17,19H,3-4,7,9-11,13-14H2,1-2H3;1H. The minimum Gasteiger partial charge on any atom is -0.334 e. The van der Waals surface area contributed by atoms with Gasteiger partial charge in [-0.3, -0.25) is 9.78 Å². The molecule has 130 valence electrons. The Morgan fingerprint density at radius 2 is 2.09 bits per heavy atom. The number of aromatic nitrogens is 1. The average Bonchev–Trinajstić information content (AvgIpc) is 2.84. The average molecular weight is 340 g/mol. The van der Waals surface area contributed by atoms with E-state index in [1.165, 1.54) is 0 Å². The van der Waals surface area contributed by atoms with E-state index < -0.39 is 0 Å². The van der Waals surface area contributed by atoms with E-state index in [0.717, 1.165) is 50.9 Å². The summed E-state index contributed by atoms with van der Waals surface area (Å²) in [6.45, 7) is 6.92. The van der Waals surface area contributed by atoms with E-state index in [-0.39, 0.29) is 18.3 Å². The van der Waals surface area contributed by atoms with Crippen molar-refractivity contribution in [2.24, 2.45) is 5.92 Å². The maximum Gasteiger partial charge on any atom is 0.226 e. The van der Waals surface area contributed by atoms with Gasteiger partial charge in [-0.05, 0) is 57.3 Å². The zero-order chi connectivity index (χ0) is 15.8. The first kappa shape index (κ1) is 19.9. The second kappa shape index (κ2) is 10.6. The topological polar surface area (TPSA) is 45.2 Å². The number of nitrogens with one attached hydrogen (secondary N) is 1. The van der Waals surface area contributed by atoms with Gasteiger partial charge < -0.3 is 10.2 Å². The van der Waals surface area contributed by atoms with Gasteiger partial charge in [0, 0.05) is 18.2 Å². The molecule has 1 aromatic heterocycles. The Balaban J connectivity index is 0.00000264. The van der Waals surface area contributed by atoms with E-state index in [1.807, 2.05) is 24.4 Å². The third-order valence-electron chi connectivity index (χ3n) is 4.66. The first-order valence-electron chi connectivity index (χ1n) is 8.67. The number of amides is 1. The highest BCUT2D eigenvalue weighted by Gasteiger charge is 2.28. The lowest BCUT2D eigenvalue weighted by Crippen LogP contribution is -2.43. The van der Waals surface area contributed by atoms with Gasteiger partial charge in [0.15, 0.2) is 0 Å². The molecule has 1 amide bonds. The lowest BCUT2D eigenvalue weighted by Gasteiger charge is -2.33. The molecular weight excluding hydrogens is 310 g/mol. The molecule has 0 radical (unpaired) electrons. The van der Waals surface area contributed by atoms with Crippen LogP contribution in [-0.4, -0.2) is 34.9 Å². The van der Waals surface area contributed by atoms with Crippen LogP contribution in [0.25, 0.3) is 0 Å². The molecule has 0 saturated carbocycles. The number of hydrogen-bond donors (Lipinski definition) is 1. The third kappa shape index (κ3) is 5.78. The number of hydrogen-bond acceptors (Lipinski definition) is 3. The molecule has 1 atom stereocenters. The summed E-state index contributed by atoms with van der Waals surface area (Å²) in [7, 11) is 0. The van der Waals surface area contributed by atoms with Crippen LogP contribution in [0.5, 0.6) is 0 Å². The van der Waals surface area contributed by atoms with Gasteiger partial charge in [0.25, 0.3) is 0 Å². The fraction of sp³-hybridized carbons (Fsp3) is 0.667. The van der Waals surface area contributed by atoms with Crippen LogP contribution in [0.15, 0.2) is 24.4 Å². The number of halogens is 1. The van der Waals surface area contributed by atoms with Gasteiger partial charge >= 0.3 is 0 Å². The molecule has 0 bridgehead atoms. The molecule has 0 aromatic carbocycles. The second-order valence-electron chi connectivity index (χ2n) is 6.14. The highest BCUT2D eigenvalue weighted by Crippen LogP contribution is 2.21. The van der Waals surface area contributed by atoms with E-state index >= 15 is 0 Å². The van der Waals surface area contributed by atoms with Gasteiger partial charge in [-0.2, -0.15) is 0 Å². The fourth-order valence-electron chi connectivity index (χ4n) is 3.24. The Morgan fingerprint density at radius 3 is 2.74 bits per heavy atom. The highest BCUT2D eigenvalue weighted by molar-refractivity contribution is 5.85. The van der Waals surface area contributed by atoms with Crippen LogP contribution in [0.4, 0.5) is 0 Å². The van der Waals surface area contributed by atoms with Crippen LogP contribution in [0.1, 0.15) is 51.6 Å². The Morgan fingerprint density at radius 1 is 1.30 bits per heavy atom. The van der Waals surface area contributed by atoms with Crippen molar-refractivity contribution in [3.8, 4) is 0 Å². The van der Waals surface area contributed by atoms with E-state index in [1.54, 1.807) is 0 Å². The maximum atomic E-state index is 13.0. The first-order chi connectivity index (χ1) is 10.8. The van der Waals surface area contributed by atoms with Crippen molar-refractivity contribution in [1.82, 2.24) is 15.2 Å². The third-order valence-corrected chi connectivity index (χ3v) is 4.66. The summed E-state index contributed by atoms with van der Waals surface area (Å²) >= 11 is 0. The van der Waals surface area contributed by atoms with Crippen molar-refractivity contribution < 1.29 is 4.79 Å². The molecule has 1 saturated heterocycles. The predicted octanol–water partition coefficient (Wildman–Crippen LogP) is 3.41. The van der Waals surface area contributed by atoms with Crippen molar-refractivity contribution in [1.29, 1.82) is 0 Å². The van der Waals surface area contributed by atoms with Crippen LogP contribution in [-0.2, 0) is 11.3 Å². The van der Waals surface area contributed by atoms with Crippen molar-refractivity contribution in [2.45, 2.75) is 58.5 Å². The molecular formula is C18H30ClN3O. The lowest BCUT2D eigenvalue weighted by molar-refractivity contribution is -0.139.